The number of aryl methyl sites for hydroxylation is 1. The van der Waals surface area contributed by atoms with E-state index in [1.807, 2.05) is 32.9 Å². The van der Waals surface area contributed by atoms with Gasteiger partial charge in [0.25, 0.3) is 0 Å². The molecule has 0 atom stereocenters. The number of amides is 2. The zero-order valence-corrected chi connectivity index (χ0v) is 14.6. The third kappa shape index (κ3) is 8.31. The molecule has 0 radical (unpaired) electrons. The Morgan fingerprint density at radius 1 is 1.00 bits per heavy atom. The highest BCUT2D eigenvalue weighted by Crippen LogP contribution is 2.07. The Morgan fingerprint density at radius 3 is 2.25 bits per heavy atom. The van der Waals surface area contributed by atoms with Crippen LogP contribution in [-0.4, -0.2) is 37.5 Å². The van der Waals surface area contributed by atoms with Crippen LogP contribution in [0, 0.1) is 12.8 Å². The molecule has 24 heavy (non-hydrogen) atoms. The molecule has 0 aromatic heterocycles. The second-order valence-corrected chi connectivity index (χ2v) is 6.06. The molecule has 0 aliphatic rings. The maximum Gasteiger partial charge on any atom is 0.407 e. The Labute approximate surface area is 143 Å². The fraction of sp³-hybridized carbons (Fsp3) is 0.500. The van der Waals surface area contributed by atoms with Gasteiger partial charge in [-0.15, -0.1) is 0 Å². The highest BCUT2D eigenvalue weighted by molar-refractivity contribution is 5.97. The smallest absolute Gasteiger partial charge is 0.407 e. The van der Waals surface area contributed by atoms with E-state index in [-0.39, 0.29) is 37.0 Å². The number of Topliss-reactive ketones (excluding diaryl/α,β-unsaturated/α-hetero) is 1. The molecule has 1 aromatic rings. The minimum absolute atomic E-state index is 0.0551. The van der Waals surface area contributed by atoms with Crippen LogP contribution >= 0.6 is 0 Å². The molecule has 6 nitrogen and oxygen atoms in total. The van der Waals surface area contributed by atoms with E-state index in [1.165, 1.54) is 0 Å². The predicted molar refractivity (Wildman–Crippen MR) is 91.9 cm³/mol. The molecule has 0 heterocycles. The minimum atomic E-state index is -0.493. The molecule has 0 bridgehead atoms. The summed E-state index contributed by atoms with van der Waals surface area (Å²) in [5, 5.41) is 5.20. The number of benzene rings is 1. The van der Waals surface area contributed by atoms with E-state index in [1.54, 1.807) is 12.1 Å². The second kappa shape index (κ2) is 10.4. The molecule has 1 rings (SSSR count). The Morgan fingerprint density at radius 2 is 1.62 bits per heavy atom. The van der Waals surface area contributed by atoms with Gasteiger partial charge in [0.15, 0.2) is 5.78 Å². The van der Waals surface area contributed by atoms with Crippen molar-refractivity contribution >= 4 is 17.8 Å². The summed E-state index contributed by atoms with van der Waals surface area (Å²) in [6.07, 6.45) is -0.198. The molecule has 0 aliphatic heterocycles. The van der Waals surface area contributed by atoms with Crippen molar-refractivity contribution in [2.75, 3.05) is 19.7 Å². The fourth-order valence-electron chi connectivity index (χ4n) is 1.86. The Bertz CT molecular complexity index is 553. The van der Waals surface area contributed by atoms with Crippen molar-refractivity contribution in [3.05, 3.63) is 35.4 Å². The number of ketones is 1. The average Bonchev–Trinajstić information content (AvgIpc) is 2.55. The summed E-state index contributed by atoms with van der Waals surface area (Å²) in [6.45, 7) is 6.80. The summed E-state index contributed by atoms with van der Waals surface area (Å²) in [5.74, 6) is 0.00914. The molecule has 0 aliphatic carbocycles. The topological polar surface area (TPSA) is 84.5 Å². The monoisotopic (exact) mass is 334 g/mol. The average molecular weight is 334 g/mol. The van der Waals surface area contributed by atoms with E-state index in [2.05, 4.69) is 10.6 Å². The van der Waals surface area contributed by atoms with E-state index in [9.17, 15) is 14.4 Å². The Kier molecular flexibility index (Phi) is 8.54. The van der Waals surface area contributed by atoms with Gasteiger partial charge in [0, 0.05) is 31.5 Å². The number of ether oxygens (including phenoxy) is 1. The lowest BCUT2D eigenvalue weighted by molar-refractivity contribution is -0.121. The highest BCUT2D eigenvalue weighted by Gasteiger charge is 2.09. The van der Waals surface area contributed by atoms with Crippen molar-refractivity contribution in [3.8, 4) is 0 Å². The van der Waals surface area contributed by atoms with Crippen molar-refractivity contribution in [1.82, 2.24) is 10.6 Å². The summed E-state index contributed by atoms with van der Waals surface area (Å²) in [6, 6.07) is 7.28. The molecule has 1 aromatic carbocycles. The SMILES string of the molecule is Cc1ccc(C(=O)CCC(=O)NCCNC(=O)OCC(C)C)cc1. The van der Waals surface area contributed by atoms with Crippen LogP contribution in [0.15, 0.2) is 24.3 Å². The van der Waals surface area contributed by atoms with Gasteiger partial charge in [0.05, 0.1) is 6.61 Å². The molecular formula is C18H26N2O4. The standard InChI is InChI=1S/C18H26N2O4/c1-13(2)12-24-18(23)20-11-10-19-17(22)9-8-16(21)15-6-4-14(3)5-7-15/h4-7,13H,8-12H2,1-3H3,(H,19,22)(H,20,23). The molecule has 2 N–H and O–H groups in total. The minimum Gasteiger partial charge on any atom is -0.449 e. The van der Waals surface area contributed by atoms with Gasteiger partial charge in [-0.05, 0) is 12.8 Å². The number of hydrogen-bond donors (Lipinski definition) is 2. The number of nitrogens with one attached hydrogen (secondary N) is 2. The van der Waals surface area contributed by atoms with Gasteiger partial charge in [-0.3, -0.25) is 9.59 Å². The third-order valence-corrected chi connectivity index (χ3v) is 3.22. The van der Waals surface area contributed by atoms with E-state index >= 15 is 0 Å². The van der Waals surface area contributed by atoms with Crippen molar-refractivity contribution < 1.29 is 19.1 Å². The molecule has 0 fully saturated rings. The van der Waals surface area contributed by atoms with Gasteiger partial charge in [0.2, 0.25) is 5.91 Å². The quantitative estimate of drug-likeness (QED) is 0.537. The zero-order valence-electron chi connectivity index (χ0n) is 14.6. The van der Waals surface area contributed by atoms with Crippen LogP contribution in [0.4, 0.5) is 4.79 Å². The summed E-state index contributed by atoms with van der Waals surface area (Å²) in [7, 11) is 0. The van der Waals surface area contributed by atoms with Crippen LogP contribution in [0.2, 0.25) is 0 Å². The zero-order chi connectivity index (χ0) is 17.9. The summed E-state index contributed by atoms with van der Waals surface area (Å²) in [5.41, 5.74) is 1.70. The van der Waals surface area contributed by atoms with Gasteiger partial charge in [0.1, 0.15) is 0 Å². The van der Waals surface area contributed by atoms with Crippen molar-refractivity contribution in [2.24, 2.45) is 5.92 Å². The lowest BCUT2D eigenvalue weighted by atomic mass is 10.1. The predicted octanol–water partition coefficient (Wildman–Crippen LogP) is 2.46. The van der Waals surface area contributed by atoms with Crippen molar-refractivity contribution in [3.63, 3.8) is 0 Å². The largest absolute Gasteiger partial charge is 0.449 e. The van der Waals surface area contributed by atoms with Crippen LogP contribution in [0.1, 0.15) is 42.6 Å². The van der Waals surface area contributed by atoms with E-state index in [4.69, 9.17) is 4.74 Å². The van der Waals surface area contributed by atoms with Crippen molar-refractivity contribution in [1.29, 1.82) is 0 Å². The van der Waals surface area contributed by atoms with Gasteiger partial charge in [-0.2, -0.15) is 0 Å². The second-order valence-electron chi connectivity index (χ2n) is 6.06. The van der Waals surface area contributed by atoms with E-state index in [0.717, 1.165) is 5.56 Å². The maximum absolute atomic E-state index is 12.0. The molecule has 6 heteroatoms. The first-order valence-electron chi connectivity index (χ1n) is 8.15. The lowest BCUT2D eigenvalue weighted by Gasteiger charge is -2.09. The van der Waals surface area contributed by atoms with Gasteiger partial charge >= 0.3 is 6.09 Å². The van der Waals surface area contributed by atoms with Gasteiger partial charge < -0.3 is 15.4 Å². The van der Waals surface area contributed by atoms with Gasteiger partial charge in [-0.25, -0.2) is 4.79 Å². The maximum atomic E-state index is 12.0. The number of hydrogen-bond acceptors (Lipinski definition) is 4. The summed E-state index contributed by atoms with van der Waals surface area (Å²) < 4.78 is 4.94. The molecular weight excluding hydrogens is 308 g/mol. The fourth-order valence-corrected chi connectivity index (χ4v) is 1.86. The third-order valence-electron chi connectivity index (χ3n) is 3.22. The normalized spacial score (nSPS) is 10.3. The number of rotatable bonds is 9. The molecule has 0 saturated carbocycles. The highest BCUT2D eigenvalue weighted by atomic mass is 16.5. The van der Waals surface area contributed by atoms with Gasteiger partial charge in [-0.1, -0.05) is 43.7 Å². The molecule has 0 unspecified atom stereocenters. The number of alkyl carbamates (subject to hydrolysis) is 1. The van der Waals surface area contributed by atoms with Crippen LogP contribution < -0.4 is 10.6 Å². The first-order valence-corrected chi connectivity index (χ1v) is 8.15. The number of carbonyl (C=O) groups is 3. The first-order chi connectivity index (χ1) is 11.4. The Hall–Kier alpha value is -2.37. The summed E-state index contributed by atoms with van der Waals surface area (Å²) in [4.78, 5) is 34.9. The molecule has 0 spiro atoms. The van der Waals surface area contributed by atoms with Crippen LogP contribution in [0.5, 0.6) is 0 Å². The lowest BCUT2D eigenvalue weighted by Crippen LogP contribution is -2.35. The molecule has 2 amide bonds. The Balaban J connectivity index is 2.15. The summed E-state index contributed by atoms with van der Waals surface area (Å²) >= 11 is 0. The number of carbonyl (C=O) groups excluding carboxylic acids is 3. The molecule has 0 saturated heterocycles. The first kappa shape index (κ1) is 19.7. The molecule has 132 valence electrons. The van der Waals surface area contributed by atoms with Crippen LogP contribution in [0.25, 0.3) is 0 Å². The van der Waals surface area contributed by atoms with E-state index < -0.39 is 6.09 Å². The van der Waals surface area contributed by atoms with E-state index in [0.29, 0.717) is 18.7 Å². The van der Waals surface area contributed by atoms with Crippen LogP contribution in [-0.2, 0) is 9.53 Å². The van der Waals surface area contributed by atoms with Crippen molar-refractivity contribution in [2.45, 2.75) is 33.6 Å². The van der Waals surface area contributed by atoms with Crippen LogP contribution in [0.3, 0.4) is 0 Å².